The SMILES string of the molecule is CC(=O)N(C/C=C/[C@@H]1C[C@@H](O[Si](C)(C)C(C)(C)C)CN1C(=O)OCc1ccccc1)c1ncccc1Br. The Labute approximate surface area is 230 Å². The number of hydrogen-bond donors (Lipinski definition) is 0. The van der Waals surface area contributed by atoms with E-state index < -0.39 is 8.32 Å². The summed E-state index contributed by atoms with van der Waals surface area (Å²) in [5.41, 5.74) is 0.939. The molecule has 0 N–H and O–H groups in total. The van der Waals surface area contributed by atoms with Crippen molar-refractivity contribution < 1.29 is 18.8 Å². The normalized spacial score (nSPS) is 18.3. The fourth-order valence-corrected chi connectivity index (χ4v) is 5.79. The lowest BCUT2D eigenvalue weighted by atomic mass is 10.2. The van der Waals surface area contributed by atoms with E-state index in [4.69, 9.17) is 9.16 Å². The molecule has 2 aromatic rings. The van der Waals surface area contributed by atoms with E-state index in [1.54, 1.807) is 16.0 Å². The first-order valence-corrected chi connectivity index (χ1v) is 16.3. The fourth-order valence-electron chi connectivity index (χ4n) is 3.96. The van der Waals surface area contributed by atoms with E-state index in [1.165, 1.54) is 6.92 Å². The van der Waals surface area contributed by atoms with Gasteiger partial charge < -0.3 is 9.16 Å². The highest BCUT2D eigenvalue weighted by atomic mass is 79.9. The Morgan fingerprint density at radius 3 is 2.51 bits per heavy atom. The minimum Gasteiger partial charge on any atom is -0.445 e. The first-order valence-electron chi connectivity index (χ1n) is 12.6. The third-order valence-corrected chi connectivity index (χ3v) is 12.2. The molecule has 1 aliphatic heterocycles. The molecule has 1 aliphatic rings. The number of carbonyl (C=O) groups excluding carboxylic acids is 2. The molecule has 7 nitrogen and oxygen atoms in total. The number of likely N-dealkylation sites (tertiary alicyclic amines) is 1. The molecule has 2 heterocycles. The summed E-state index contributed by atoms with van der Waals surface area (Å²) in [4.78, 5) is 33.2. The molecule has 1 saturated heterocycles. The standard InChI is InChI=1S/C28H38BrN3O4Si/c1-21(33)31(26-25(29)15-10-16-30-26)17-11-14-23-18-24(36-37(5,6)28(2,3)4)19-32(23)27(34)35-20-22-12-8-7-9-13-22/h7-16,23-24H,17-20H2,1-6H3/b14-11+/t23-,24-/m1/s1. The predicted octanol–water partition coefficient (Wildman–Crippen LogP) is 6.55. The molecule has 2 amide bonds. The fraction of sp³-hybridized carbons (Fsp3) is 0.464. The molecular weight excluding hydrogens is 550 g/mol. The van der Waals surface area contributed by atoms with Crippen LogP contribution in [0.25, 0.3) is 0 Å². The largest absolute Gasteiger partial charge is 0.445 e. The van der Waals surface area contributed by atoms with Gasteiger partial charge in [-0.1, -0.05) is 63.3 Å². The molecule has 1 aromatic heterocycles. The lowest BCUT2D eigenvalue weighted by molar-refractivity contribution is -0.116. The Balaban J connectivity index is 1.75. The molecule has 0 radical (unpaired) electrons. The van der Waals surface area contributed by atoms with Gasteiger partial charge in [0, 0.05) is 26.2 Å². The van der Waals surface area contributed by atoms with E-state index in [9.17, 15) is 9.59 Å². The average Bonchev–Trinajstić information content (AvgIpc) is 3.22. The van der Waals surface area contributed by atoms with Crippen LogP contribution in [0.1, 0.15) is 39.7 Å². The monoisotopic (exact) mass is 587 g/mol. The van der Waals surface area contributed by atoms with Crippen molar-refractivity contribution >= 4 is 42.1 Å². The molecule has 0 aliphatic carbocycles. The second-order valence-corrected chi connectivity index (χ2v) is 16.5. The van der Waals surface area contributed by atoms with Gasteiger partial charge in [0.05, 0.1) is 16.6 Å². The molecule has 0 saturated carbocycles. The Hall–Kier alpha value is -2.49. The summed E-state index contributed by atoms with van der Waals surface area (Å²) in [6.45, 7) is 13.6. The number of anilines is 1. The zero-order chi connectivity index (χ0) is 27.2. The highest BCUT2D eigenvalue weighted by Gasteiger charge is 2.43. The third-order valence-electron chi connectivity index (χ3n) is 7.03. The number of carbonyl (C=O) groups is 2. The predicted molar refractivity (Wildman–Crippen MR) is 153 cm³/mol. The molecule has 37 heavy (non-hydrogen) atoms. The molecule has 0 unspecified atom stereocenters. The second kappa shape index (κ2) is 12.4. The third kappa shape index (κ3) is 7.75. The van der Waals surface area contributed by atoms with Gasteiger partial charge in [-0.3, -0.25) is 14.6 Å². The van der Waals surface area contributed by atoms with Crippen molar-refractivity contribution in [2.24, 2.45) is 0 Å². The Bertz CT molecular complexity index is 1100. The number of pyridine rings is 1. The van der Waals surface area contributed by atoms with Crippen molar-refractivity contribution in [3.05, 3.63) is 70.8 Å². The summed E-state index contributed by atoms with van der Waals surface area (Å²) in [5, 5.41) is 0.0671. The van der Waals surface area contributed by atoms with Crippen molar-refractivity contribution in [3.63, 3.8) is 0 Å². The molecular formula is C28H38BrN3O4Si. The topological polar surface area (TPSA) is 72.0 Å². The minimum atomic E-state index is -2.02. The van der Waals surface area contributed by atoms with Crippen molar-refractivity contribution in [2.45, 2.75) is 71.0 Å². The van der Waals surface area contributed by atoms with Crippen LogP contribution in [0, 0.1) is 0 Å². The zero-order valence-electron chi connectivity index (χ0n) is 22.6. The van der Waals surface area contributed by atoms with Crippen LogP contribution in [0.2, 0.25) is 18.1 Å². The maximum atomic E-state index is 13.2. The lowest BCUT2D eigenvalue weighted by Crippen LogP contribution is -2.44. The molecule has 9 heteroatoms. The number of rotatable bonds is 8. The molecule has 1 aromatic carbocycles. The number of hydrogen-bond acceptors (Lipinski definition) is 5. The van der Waals surface area contributed by atoms with Gasteiger partial charge in [0.1, 0.15) is 12.4 Å². The summed E-state index contributed by atoms with van der Waals surface area (Å²) in [6.07, 6.45) is 5.79. The van der Waals surface area contributed by atoms with Crippen molar-refractivity contribution in [1.29, 1.82) is 0 Å². The molecule has 2 atom stereocenters. The summed E-state index contributed by atoms with van der Waals surface area (Å²) in [5.74, 6) is 0.443. The van der Waals surface area contributed by atoms with Crippen LogP contribution in [-0.2, 0) is 20.6 Å². The van der Waals surface area contributed by atoms with Crippen LogP contribution >= 0.6 is 15.9 Å². The van der Waals surface area contributed by atoms with Crippen LogP contribution in [-0.4, -0.2) is 55.4 Å². The number of aromatic nitrogens is 1. The number of nitrogens with zero attached hydrogens (tertiary/aromatic N) is 3. The van der Waals surface area contributed by atoms with Crippen molar-refractivity contribution in [3.8, 4) is 0 Å². The highest BCUT2D eigenvalue weighted by Crippen LogP contribution is 2.39. The summed E-state index contributed by atoms with van der Waals surface area (Å²) in [6, 6.07) is 13.1. The Kier molecular flexibility index (Phi) is 9.72. The van der Waals surface area contributed by atoms with Gasteiger partial charge in [-0.05, 0) is 58.2 Å². The first-order chi connectivity index (χ1) is 17.4. The van der Waals surface area contributed by atoms with E-state index in [2.05, 4.69) is 54.8 Å². The van der Waals surface area contributed by atoms with Gasteiger partial charge in [0.25, 0.3) is 0 Å². The molecule has 3 rings (SSSR count). The Morgan fingerprint density at radius 1 is 1.19 bits per heavy atom. The quantitative estimate of drug-likeness (QED) is 0.258. The summed E-state index contributed by atoms with van der Waals surface area (Å²) < 4.78 is 13.1. The van der Waals surface area contributed by atoms with Gasteiger partial charge in [0.15, 0.2) is 8.32 Å². The van der Waals surface area contributed by atoms with Crippen molar-refractivity contribution in [2.75, 3.05) is 18.0 Å². The maximum absolute atomic E-state index is 13.2. The van der Waals surface area contributed by atoms with Crippen LogP contribution in [0.15, 0.2) is 65.3 Å². The van der Waals surface area contributed by atoms with Gasteiger partial charge in [-0.25, -0.2) is 9.78 Å². The van der Waals surface area contributed by atoms with E-state index in [0.717, 1.165) is 10.0 Å². The van der Waals surface area contributed by atoms with E-state index in [0.29, 0.717) is 25.3 Å². The lowest BCUT2D eigenvalue weighted by Gasteiger charge is -2.38. The van der Waals surface area contributed by atoms with Gasteiger partial charge >= 0.3 is 6.09 Å². The number of halogens is 1. The number of ether oxygens (including phenoxy) is 1. The Morgan fingerprint density at radius 2 is 1.89 bits per heavy atom. The van der Waals surface area contributed by atoms with Gasteiger partial charge in [-0.15, -0.1) is 0 Å². The summed E-state index contributed by atoms with van der Waals surface area (Å²) in [7, 11) is -2.02. The first kappa shape index (κ1) is 29.1. The summed E-state index contributed by atoms with van der Waals surface area (Å²) >= 11 is 3.48. The van der Waals surface area contributed by atoms with E-state index in [-0.39, 0.29) is 35.8 Å². The highest BCUT2D eigenvalue weighted by molar-refractivity contribution is 9.10. The molecule has 200 valence electrons. The molecule has 0 bridgehead atoms. The number of amides is 2. The van der Waals surface area contributed by atoms with Gasteiger partial charge in [0.2, 0.25) is 5.91 Å². The van der Waals surface area contributed by atoms with Crippen LogP contribution in [0.3, 0.4) is 0 Å². The van der Waals surface area contributed by atoms with E-state index in [1.807, 2.05) is 54.6 Å². The van der Waals surface area contributed by atoms with Crippen LogP contribution < -0.4 is 4.90 Å². The second-order valence-electron chi connectivity index (χ2n) is 10.9. The van der Waals surface area contributed by atoms with E-state index >= 15 is 0 Å². The molecule has 0 spiro atoms. The number of benzene rings is 1. The average molecular weight is 589 g/mol. The zero-order valence-corrected chi connectivity index (χ0v) is 25.2. The van der Waals surface area contributed by atoms with Crippen LogP contribution in [0.5, 0.6) is 0 Å². The van der Waals surface area contributed by atoms with Crippen LogP contribution in [0.4, 0.5) is 10.6 Å². The maximum Gasteiger partial charge on any atom is 0.410 e. The smallest absolute Gasteiger partial charge is 0.410 e. The molecule has 1 fully saturated rings. The van der Waals surface area contributed by atoms with Crippen molar-refractivity contribution in [1.82, 2.24) is 9.88 Å². The van der Waals surface area contributed by atoms with Gasteiger partial charge in [-0.2, -0.15) is 0 Å². The minimum absolute atomic E-state index is 0.0671.